The zero-order valence-electron chi connectivity index (χ0n) is 9.46. The van der Waals surface area contributed by atoms with E-state index in [-0.39, 0.29) is 0 Å². The number of guanidine groups is 1. The van der Waals surface area contributed by atoms with Gasteiger partial charge in [0.15, 0.2) is 0 Å². The van der Waals surface area contributed by atoms with Crippen LogP contribution in [0.4, 0.5) is 0 Å². The maximum absolute atomic E-state index is 5.67. The molecule has 4 N–H and O–H groups in total. The molecule has 0 aromatic heterocycles. The molecule has 1 aliphatic carbocycles. The van der Waals surface area contributed by atoms with Gasteiger partial charge in [0.05, 0.1) is 19.3 Å². The van der Waals surface area contributed by atoms with E-state index in [9.17, 15) is 0 Å². The van der Waals surface area contributed by atoms with E-state index in [1.165, 1.54) is 25.7 Å². The van der Waals surface area contributed by atoms with Gasteiger partial charge in [-0.25, -0.2) is 10.8 Å². The second-order valence-corrected chi connectivity index (χ2v) is 3.68. The molecule has 0 unspecified atom stereocenters. The first-order valence-corrected chi connectivity index (χ1v) is 5.73. The van der Waals surface area contributed by atoms with Gasteiger partial charge < -0.3 is 10.1 Å². The SMILES string of the molecule is CCNC(=NCCOC1CCCC1)NN. The molecule has 0 aliphatic heterocycles. The van der Waals surface area contributed by atoms with Crippen molar-refractivity contribution in [1.82, 2.24) is 10.7 Å². The highest BCUT2D eigenvalue weighted by atomic mass is 16.5. The van der Waals surface area contributed by atoms with Gasteiger partial charge in [-0.2, -0.15) is 0 Å². The van der Waals surface area contributed by atoms with Gasteiger partial charge in [-0.3, -0.25) is 5.43 Å². The molecule has 0 bridgehead atoms. The molecule has 1 rings (SSSR count). The summed E-state index contributed by atoms with van der Waals surface area (Å²) in [6.07, 6.45) is 5.49. The number of hydrogen-bond donors (Lipinski definition) is 3. The average molecular weight is 214 g/mol. The predicted molar refractivity (Wildman–Crippen MR) is 61.5 cm³/mol. The number of nitrogens with zero attached hydrogens (tertiary/aromatic N) is 1. The lowest BCUT2D eigenvalue weighted by Crippen LogP contribution is -2.41. The summed E-state index contributed by atoms with van der Waals surface area (Å²) in [5, 5.41) is 3.02. The highest BCUT2D eigenvalue weighted by Crippen LogP contribution is 2.20. The zero-order chi connectivity index (χ0) is 10.9. The normalized spacial score (nSPS) is 18.1. The van der Waals surface area contributed by atoms with Gasteiger partial charge in [-0.05, 0) is 19.8 Å². The minimum Gasteiger partial charge on any atom is -0.376 e. The fraction of sp³-hybridized carbons (Fsp3) is 0.900. The number of hydrogen-bond acceptors (Lipinski definition) is 3. The van der Waals surface area contributed by atoms with Gasteiger partial charge in [-0.1, -0.05) is 12.8 Å². The topological polar surface area (TPSA) is 71.7 Å². The van der Waals surface area contributed by atoms with E-state index in [1.54, 1.807) is 0 Å². The molecule has 0 heterocycles. The van der Waals surface area contributed by atoms with Crippen LogP contribution in [0.5, 0.6) is 0 Å². The standard InChI is InChI=1S/C10H22N4O/c1-2-12-10(14-11)13-7-8-15-9-5-3-4-6-9/h9H,2-8,11H2,1H3,(H2,12,13,14). The third-order valence-electron chi connectivity index (χ3n) is 2.50. The van der Waals surface area contributed by atoms with E-state index in [2.05, 4.69) is 15.7 Å². The fourth-order valence-electron chi connectivity index (χ4n) is 1.75. The average Bonchev–Trinajstić information content (AvgIpc) is 2.75. The molecule has 5 heteroatoms. The van der Waals surface area contributed by atoms with E-state index < -0.39 is 0 Å². The largest absolute Gasteiger partial charge is 0.376 e. The van der Waals surface area contributed by atoms with E-state index in [4.69, 9.17) is 10.6 Å². The van der Waals surface area contributed by atoms with Crippen molar-refractivity contribution in [3.8, 4) is 0 Å². The molecule has 0 amide bonds. The van der Waals surface area contributed by atoms with Crippen LogP contribution in [-0.4, -0.2) is 31.8 Å². The second-order valence-electron chi connectivity index (χ2n) is 3.68. The van der Waals surface area contributed by atoms with Crippen LogP contribution in [0.3, 0.4) is 0 Å². The molecule has 0 radical (unpaired) electrons. The molecule has 1 saturated carbocycles. The maximum Gasteiger partial charge on any atom is 0.205 e. The Morgan fingerprint density at radius 1 is 1.47 bits per heavy atom. The van der Waals surface area contributed by atoms with E-state index in [1.807, 2.05) is 6.92 Å². The van der Waals surface area contributed by atoms with Gasteiger partial charge in [0, 0.05) is 6.54 Å². The molecule has 0 spiro atoms. The molecule has 88 valence electrons. The van der Waals surface area contributed by atoms with Crippen molar-refractivity contribution in [2.75, 3.05) is 19.7 Å². The lowest BCUT2D eigenvalue weighted by Gasteiger charge is -2.10. The second kappa shape index (κ2) is 7.48. The lowest BCUT2D eigenvalue weighted by atomic mass is 10.3. The molecule has 0 saturated heterocycles. The summed E-state index contributed by atoms with van der Waals surface area (Å²) in [6, 6.07) is 0. The minimum atomic E-state index is 0.466. The van der Waals surface area contributed by atoms with Crippen LogP contribution in [0.25, 0.3) is 0 Å². The summed E-state index contributed by atoms with van der Waals surface area (Å²) in [4.78, 5) is 4.24. The van der Waals surface area contributed by atoms with Crippen molar-refractivity contribution in [1.29, 1.82) is 0 Å². The Morgan fingerprint density at radius 3 is 2.80 bits per heavy atom. The Kier molecular flexibility index (Phi) is 6.11. The van der Waals surface area contributed by atoms with Crippen molar-refractivity contribution in [3.63, 3.8) is 0 Å². The summed E-state index contributed by atoms with van der Waals surface area (Å²) in [5.41, 5.74) is 2.51. The Labute approximate surface area is 91.4 Å². The molecular formula is C10H22N4O. The molecule has 0 atom stereocenters. The van der Waals surface area contributed by atoms with Crippen LogP contribution < -0.4 is 16.6 Å². The van der Waals surface area contributed by atoms with Crippen LogP contribution in [0.15, 0.2) is 4.99 Å². The monoisotopic (exact) mass is 214 g/mol. The highest BCUT2D eigenvalue weighted by molar-refractivity contribution is 5.79. The smallest absolute Gasteiger partial charge is 0.205 e. The number of rotatable bonds is 5. The third-order valence-corrected chi connectivity index (χ3v) is 2.50. The zero-order valence-corrected chi connectivity index (χ0v) is 9.46. The van der Waals surface area contributed by atoms with Crippen molar-refractivity contribution in [2.24, 2.45) is 10.8 Å². The molecule has 5 nitrogen and oxygen atoms in total. The number of nitrogens with one attached hydrogen (secondary N) is 2. The molecule has 1 aliphatic rings. The first kappa shape index (κ1) is 12.3. The van der Waals surface area contributed by atoms with E-state index in [0.717, 1.165) is 6.54 Å². The van der Waals surface area contributed by atoms with Crippen molar-refractivity contribution < 1.29 is 4.74 Å². The van der Waals surface area contributed by atoms with E-state index >= 15 is 0 Å². The predicted octanol–water partition coefficient (Wildman–Crippen LogP) is 0.374. The number of aliphatic imine (C=N–C) groups is 1. The summed E-state index contributed by atoms with van der Waals surface area (Å²) in [5.74, 6) is 5.91. The molecular weight excluding hydrogens is 192 g/mol. The van der Waals surface area contributed by atoms with Crippen LogP contribution >= 0.6 is 0 Å². The van der Waals surface area contributed by atoms with Gasteiger partial charge in [0.2, 0.25) is 5.96 Å². The molecule has 0 aromatic rings. The molecule has 15 heavy (non-hydrogen) atoms. The first-order valence-electron chi connectivity index (χ1n) is 5.73. The van der Waals surface area contributed by atoms with Gasteiger partial charge in [-0.15, -0.1) is 0 Å². The number of nitrogens with two attached hydrogens (primary N) is 1. The Balaban J connectivity index is 2.07. The van der Waals surface area contributed by atoms with Crippen LogP contribution in [0, 0.1) is 0 Å². The summed E-state index contributed by atoms with van der Waals surface area (Å²) >= 11 is 0. The highest BCUT2D eigenvalue weighted by Gasteiger charge is 2.14. The summed E-state index contributed by atoms with van der Waals surface area (Å²) in [7, 11) is 0. The van der Waals surface area contributed by atoms with E-state index in [0.29, 0.717) is 25.2 Å². The van der Waals surface area contributed by atoms with Crippen molar-refractivity contribution in [2.45, 2.75) is 38.7 Å². The quantitative estimate of drug-likeness (QED) is 0.203. The Bertz CT molecular complexity index is 190. The summed E-state index contributed by atoms with van der Waals surface area (Å²) in [6.45, 7) is 4.15. The van der Waals surface area contributed by atoms with Crippen molar-refractivity contribution in [3.05, 3.63) is 0 Å². The first-order chi connectivity index (χ1) is 7.36. The van der Waals surface area contributed by atoms with Crippen molar-refractivity contribution >= 4 is 5.96 Å². The van der Waals surface area contributed by atoms with Gasteiger partial charge >= 0.3 is 0 Å². The third kappa shape index (κ3) is 4.99. The van der Waals surface area contributed by atoms with Gasteiger partial charge in [0.25, 0.3) is 0 Å². The van der Waals surface area contributed by atoms with Gasteiger partial charge in [0.1, 0.15) is 0 Å². The number of hydrazine groups is 1. The van der Waals surface area contributed by atoms with Crippen LogP contribution in [-0.2, 0) is 4.74 Å². The Morgan fingerprint density at radius 2 is 2.20 bits per heavy atom. The minimum absolute atomic E-state index is 0.466. The number of ether oxygens (including phenoxy) is 1. The molecule has 1 fully saturated rings. The summed E-state index contributed by atoms with van der Waals surface area (Å²) < 4.78 is 5.67. The fourth-order valence-corrected chi connectivity index (χ4v) is 1.75. The lowest BCUT2D eigenvalue weighted by molar-refractivity contribution is 0.0643. The molecule has 0 aromatic carbocycles. The maximum atomic E-state index is 5.67. The van der Waals surface area contributed by atoms with Crippen LogP contribution in [0.2, 0.25) is 0 Å². The van der Waals surface area contributed by atoms with Crippen LogP contribution in [0.1, 0.15) is 32.6 Å². The Hall–Kier alpha value is -0.810.